The van der Waals surface area contributed by atoms with Gasteiger partial charge in [0, 0.05) is 22.9 Å². The number of hydrogen-bond donors (Lipinski definition) is 3. The molecule has 0 spiro atoms. The van der Waals surface area contributed by atoms with Crippen molar-refractivity contribution in [3.63, 3.8) is 0 Å². The Morgan fingerprint density at radius 1 is 1.12 bits per heavy atom. The first-order valence-electron chi connectivity index (χ1n) is 8.89. The Kier molecular flexibility index (Phi) is 4.42. The summed E-state index contributed by atoms with van der Waals surface area (Å²) < 4.78 is 11.3. The molecule has 3 N–H and O–H groups in total. The van der Waals surface area contributed by atoms with E-state index < -0.39 is 0 Å². The number of nitrogens with one attached hydrogen (secondary N) is 2. The van der Waals surface area contributed by atoms with Gasteiger partial charge in [0.05, 0.1) is 18.9 Å². The van der Waals surface area contributed by atoms with E-state index in [9.17, 15) is 9.90 Å². The summed E-state index contributed by atoms with van der Waals surface area (Å²) in [4.78, 5) is 12.4. The quantitative estimate of drug-likeness (QED) is 0.663. The number of anilines is 1. The maximum atomic E-state index is 12.4. The fraction of sp³-hybridized carbons (Fsp3) is 0.350. The molecule has 0 unspecified atom stereocenters. The lowest BCUT2D eigenvalue weighted by Gasteiger charge is -2.26. The van der Waals surface area contributed by atoms with Gasteiger partial charge < -0.3 is 24.9 Å². The number of ether oxygens (including phenoxy) is 1. The molecule has 136 valence electrons. The van der Waals surface area contributed by atoms with Gasteiger partial charge in [-0.1, -0.05) is 18.2 Å². The molecule has 1 aromatic heterocycles. The maximum Gasteiger partial charge on any atom is 0.319 e. The third kappa shape index (κ3) is 3.20. The molecular weight excluding hydrogens is 332 g/mol. The number of methoxy groups -OCH3 is 1. The Labute approximate surface area is 151 Å². The summed E-state index contributed by atoms with van der Waals surface area (Å²) in [6, 6.07) is 11.3. The fourth-order valence-electron chi connectivity index (χ4n) is 3.58. The maximum absolute atomic E-state index is 12.4. The van der Waals surface area contributed by atoms with E-state index in [2.05, 4.69) is 10.6 Å². The molecule has 3 aromatic rings. The first-order chi connectivity index (χ1) is 12.6. The number of carbonyl (C=O) groups is 1. The molecule has 1 saturated carbocycles. The highest BCUT2D eigenvalue weighted by Crippen LogP contribution is 2.36. The number of amides is 2. The normalized spacial score (nSPS) is 20.2. The molecule has 26 heavy (non-hydrogen) atoms. The molecule has 0 bridgehead atoms. The predicted octanol–water partition coefficient (Wildman–Crippen LogP) is 4.02. The largest absolute Gasteiger partial charge is 0.495 e. The zero-order valence-corrected chi connectivity index (χ0v) is 14.6. The van der Waals surface area contributed by atoms with Crippen molar-refractivity contribution >= 4 is 33.7 Å². The number of fused-ring (bicyclic) bond motifs is 3. The number of rotatable bonds is 3. The Hall–Kier alpha value is -2.73. The van der Waals surface area contributed by atoms with Crippen LogP contribution in [0.25, 0.3) is 21.9 Å². The molecule has 1 aliphatic carbocycles. The molecule has 0 radical (unpaired) electrons. The lowest BCUT2D eigenvalue weighted by atomic mass is 9.93. The van der Waals surface area contributed by atoms with Crippen LogP contribution in [0.5, 0.6) is 5.75 Å². The lowest BCUT2D eigenvalue weighted by Crippen LogP contribution is -2.40. The average molecular weight is 354 g/mol. The third-order valence-corrected chi connectivity index (χ3v) is 4.98. The molecule has 2 amide bonds. The Balaban J connectivity index is 1.57. The first kappa shape index (κ1) is 16.7. The van der Waals surface area contributed by atoms with Crippen LogP contribution < -0.4 is 15.4 Å². The summed E-state index contributed by atoms with van der Waals surface area (Å²) in [5, 5.41) is 17.4. The van der Waals surface area contributed by atoms with Gasteiger partial charge in [-0.05, 0) is 37.8 Å². The zero-order chi connectivity index (χ0) is 18.1. The number of hydrogen-bond acceptors (Lipinski definition) is 4. The average Bonchev–Trinajstić information content (AvgIpc) is 3.00. The third-order valence-electron chi connectivity index (χ3n) is 4.98. The summed E-state index contributed by atoms with van der Waals surface area (Å²) in [6.07, 6.45) is 2.77. The number of aliphatic hydroxyl groups excluding tert-OH is 1. The van der Waals surface area contributed by atoms with Gasteiger partial charge in [-0.15, -0.1) is 0 Å². The summed E-state index contributed by atoms with van der Waals surface area (Å²) in [5.74, 6) is 0.582. The highest BCUT2D eigenvalue weighted by atomic mass is 16.5. The molecule has 1 heterocycles. The standard InChI is InChI=1S/C20H22N2O4/c1-25-19-10-15-14-4-2-3-5-17(14)26-18(15)11-16(19)22-20(24)21-12-6-8-13(23)9-7-12/h2-5,10-13,23H,6-9H2,1H3,(H2,21,22,24). The van der Waals surface area contributed by atoms with Gasteiger partial charge in [-0.2, -0.15) is 0 Å². The van der Waals surface area contributed by atoms with E-state index in [1.54, 1.807) is 13.2 Å². The highest BCUT2D eigenvalue weighted by molar-refractivity contribution is 6.07. The molecule has 1 fully saturated rings. The van der Waals surface area contributed by atoms with Gasteiger partial charge in [0.25, 0.3) is 0 Å². The summed E-state index contributed by atoms with van der Waals surface area (Å²) in [5.41, 5.74) is 2.06. The van der Waals surface area contributed by atoms with Gasteiger partial charge in [-0.3, -0.25) is 0 Å². The van der Waals surface area contributed by atoms with E-state index in [0.29, 0.717) is 17.0 Å². The minimum atomic E-state index is -0.278. The molecule has 1 aliphatic rings. The number of aliphatic hydroxyl groups is 1. The smallest absolute Gasteiger partial charge is 0.319 e. The van der Waals surface area contributed by atoms with Crippen molar-refractivity contribution in [2.45, 2.75) is 37.8 Å². The van der Waals surface area contributed by atoms with Crippen LogP contribution in [-0.4, -0.2) is 30.4 Å². The van der Waals surface area contributed by atoms with Crippen LogP contribution in [0, 0.1) is 0 Å². The number of furan rings is 1. The minimum absolute atomic E-state index is 0.0827. The van der Waals surface area contributed by atoms with E-state index in [1.165, 1.54) is 0 Å². The van der Waals surface area contributed by atoms with E-state index >= 15 is 0 Å². The van der Waals surface area contributed by atoms with Crippen molar-refractivity contribution in [3.05, 3.63) is 36.4 Å². The van der Waals surface area contributed by atoms with Gasteiger partial charge in [0.1, 0.15) is 16.9 Å². The second kappa shape index (κ2) is 6.88. The zero-order valence-electron chi connectivity index (χ0n) is 14.6. The van der Waals surface area contributed by atoms with E-state index in [1.807, 2.05) is 30.3 Å². The Bertz CT molecular complexity index is 942. The van der Waals surface area contributed by atoms with Crippen molar-refractivity contribution in [1.29, 1.82) is 0 Å². The van der Waals surface area contributed by atoms with Crippen LogP contribution in [0.1, 0.15) is 25.7 Å². The highest BCUT2D eigenvalue weighted by Gasteiger charge is 2.21. The molecule has 4 rings (SSSR count). The lowest BCUT2D eigenvalue weighted by molar-refractivity contribution is 0.118. The molecule has 0 atom stereocenters. The van der Waals surface area contributed by atoms with Gasteiger partial charge >= 0.3 is 6.03 Å². The summed E-state index contributed by atoms with van der Waals surface area (Å²) >= 11 is 0. The number of para-hydroxylation sites is 1. The number of urea groups is 1. The van der Waals surface area contributed by atoms with Crippen LogP contribution in [0.2, 0.25) is 0 Å². The molecule has 0 saturated heterocycles. The Morgan fingerprint density at radius 2 is 1.88 bits per heavy atom. The van der Waals surface area contributed by atoms with Crippen molar-refractivity contribution in [2.75, 3.05) is 12.4 Å². The summed E-state index contributed by atoms with van der Waals surface area (Å²) in [6.45, 7) is 0. The summed E-state index contributed by atoms with van der Waals surface area (Å²) in [7, 11) is 1.58. The van der Waals surface area contributed by atoms with Crippen LogP contribution in [-0.2, 0) is 0 Å². The van der Waals surface area contributed by atoms with Gasteiger partial charge in [-0.25, -0.2) is 4.79 Å². The Morgan fingerprint density at radius 3 is 2.65 bits per heavy atom. The molecule has 2 aromatic carbocycles. The SMILES string of the molecule is COc1cc2c(cc1NC(=O)NC1CCC(O)CC1)oc1ccccc12. The van der Waals surface area contributed by atoms with Crippen molar-refractivity contribution in [2.24, 2.45) is 0 Å². The fourth-order valence-corrected chi connectivity index (χ4v) is 3.58. The number of benzene rings is 2. The topological polar surface area (TPSA) is 83.7 Å². The van der Waals surface area contributed by atoms with Crippen molar-refractivity contribution in [1.82, 2.24) is 5.32 Å². The molecule has 6 heteroatoms. The molecule has 0 aliphatic heterocycles. The first-order valence-corrected chi connectivity index (χ1v) is 8.89. The van der Waals surface area contributed by atoms with Crippen LogP contribution in [0.4, 0.5) is 10.5 Å². The van der Waals surface area contributed by atoms with E-state index in [4.69, 9.17) is 9.15 Å². The van der Waals surface area contributed by atoms with E-state index in [0.717, 1.165) is 42.0 Å². The second-order valence-corrected chi connectivity index (χ2v) is 6.75. The van der Waals surface area contributed by atoms with Crippen LogP contribution in [0.3, 0.4) is 0 Å². The van der Waals surface area contributed by atoms with Crippen LogP contribution in [0.15, 0.2) is 40.8 Å². The molecular formula is C20H22N2O4. The van der Waals surface area contributed by atoms with Gasteiger partial charge in [0.2, 0.25) is 0 Å². The van der Waals surface area contributed by atoms with Crippen molar-refractivity contribution < 1.29 is 19.1 Å². The van der Waals surface area contributed by atoms with E-state index in [-0.39, 0.29) is 18.2 Å². The number of carbonyl (C=O) groups excluding carboxylic acids is 1. The monoisotopic (exact) mass is 354 g/mol. The van der Waals surface area contributed by atoms with Crippen molar-refractivity contribution in [3.8, 4) is 5.75 Å². The minimum Gasteiger partial charge on any atom is -0.495 e. The predicted molar refractivity (Wildman–Crippen MR) is 101 cm³/mol. The molecule has 6 nitrogen and oxygen atoms in total. The van der Waals surface area contributed by atoms with Crippen LogP contribution >= 0.6 is 0 Å². The second-order valence-electron chi connectivity index (χ2n) is 6.75. The van der Waals surface area contributed by atoms with Gasteiger partial charge in [0.15, 0.2) is 0 Å².